The van der Waals surface area contributed by atoms with Gasteiger partial charge in [0, 0.05) is 23.5 Å². The minimum Gasteiger partial charge on any atom is -0.397 e. The maximum absolute atomic E-state index is 13.0. The average Bonchev–Trinajstić information content (AvgIpc) is 2.31. The molecule has 18 heavy (non-hydrogen) atoms. The lowest BCUT2D eigenvalue weighted by atomic mass is 10.2. The first-order chi connectivity index (χ1) is 8.47. The van der Waals surface area contributed by atoms with E-state index in [1.165, 1.54) is 6.07 Å². The summed E-state index contributed by atoms with van der Waals surface area (Å²) >= 11 is 0. The van der Waals surface area contributed by atoms with Crippen molar-refractivity contribution < 1.29 is 13.2 Å². The fourth-order valence-corrected chi connectivity index (χ4v) is 1.45. The van der Waals surface area contributed by atoms with E-state index < -0.39 is 17.5 Å². The van der Waals surface area contributed by atoms with Gasteiger partial charge >= 0.3 is 0 Å². The van der Waals surface area contributed by atoms with Crippen molar-refractivity contribution in [2.24, 2.45) is 0 Å². The minimum atomic E-state index is -1.50. The van der Waals surface area contributed by atoms with Crippen LogP contribution in [-0.4, -0.2) is 0 Å². The number of nitrogen functional groups attached to an aromatic ring is 2. The summed E-state index contributed by atoms with van der Waals surface area (Å²) in [6.07, 6.45) is 0. The number of anilines is 4. The molecule has 2 rings (SSSR count). The molecule has 0 amide bonds. The number of hydrogen-bond donors (Lipinski definition) is 3. The van der Waals surface area contributed by atoms with Gasteiger partial charge in [0.2, 0.25) is 0 Å². The molecule has 3 nitrogen and oxygen atoms in total. The van der Waals surface area contributed by atoms with Gasteiger partial charge in [0.1, 0.15) is 0 Å². The first kappa shape index (κ1) is 12.1. The van der Waals surface area contributed by atoms with Gasteiger partial charge in [-0.05, 0) is 18.2 Å². The Morgan fingerprint density at radius 3 is 1.94 bits per heavy atom. The molecule has 0 aliphatic heterocycles. The van der Waals surface area contributed by atoms with Gasteiger partial charge in [0.15, 0.2) is 17.5 Å². The standard InChI is InChI=1S/C12H10F3N3/c13-8-3-7(4-9(14)12(8)15)18-6-1-2-10(16)11(17)5-6/h1-5,18H,16-17H2. The van der Waals surface area contributed by atoms with E-state index in [-0.39, 0.29) is 5.69 Å². The molecule has 0 heterocycles. The molecule has 2 aromatic carbocycles. The quantitative estimate of drug-likeness (QED) is 0.569. The number of benzene rings is 2. The predicted octanol–water partition coefficient (Wildman–Crippen LogP) is 3.01. The lowest BCUT2D eigenvalue weighted by Gasteiger charge is -2.09. The van der Waals surface area contributed by atoms with Crippen molar-refractivity contribution in [3.63, 3.8) is 0 Å². The Morgan fingerprint density at radius 1 is 0.778 bits per heavy atom. The van der Waals surface area contributed by atoms with E-state index in [1.54, 1.807) is 12.1 Å². The first-order valence-electron chi connectivity index (χ1n) is 5.04. The van der Waals surface area contributed by atoms with E-state index in [9.17, 15) is 13.2 Å². The Hall–Kier alpha value is -2.37. The molecule has 0 bridgehead atoms. The summed E-state index contributed by atoms with van der Waals surface area (Å²) in [5, 5.41) is 2.70. The monoisotopic (exact) mass is 253 g/mol. The van der Waals surface area contributed by atoms with Crippen molar-refractivity contribution in [3.05, 3.63) is 47.8 Å². The summed E-state index contributed by atoms with van der Waals surface area (Å²) < 4.78 is 38.7. The molecule has 0 saturated heterocycles. The summed E-state index contributed by atoms with van der Waals surface area (Å²) in [7, 11) is 0. The molecule has 0 aromatic heterocycles. The van der Waals surface area contributed by atoms with Crippen molar-refractivity contribution in [2.45, 2.75) is 0 Å². The topological polar surface area (TPSA) is 64.1 Å². The van der Waals surface area contributed by atoms with Crippen molar-refractivity contribution in [1.29, 1.82) is 0 Å². The second-order valence-corrected chi connectivity index (χ2v) is 3.72. The minimum absolute atomic E-state index is 0.0792. The van der Waals surface area contributed by atoms with Gasteiger partial charge in [-0.15, -0.1) is 0 Å². The van der Waals surface area contributed by atoms with Crippen molar-refractivity contribution in [1.82, 2.24) is 0 Å². The van der Waals surface area contributed by atoms with Crippen LogP contribution in [0.2, 0.25) is 0 Å². The average molecular weight is 253 g/mol. The Bertz CT molecular complexity index is 576. The van der Waals surface area contributed by atoms with Gasteiger partial charge < -0.3 is 16.8 Å². The van der Waals surface area contributed by atoms with Crippen LogP contribution in [0.25, 0.3) is 0 Å². The maximum Gasteiger partial charge on any atom is 0.194 e. The zero-order chi connectivity index (χ0) is 13.3. The smallest absolute Gasteiger partial charge is 0.194 e. The van der Waals surface area contributed by atoms with Crippen LogP contribution in [0.5, 0.6) is 0 Å². The fourth-order valence-electron chi connectivity index (χ4n) is 1.45. The van der Waals surface area contributed by atoms with Crippen LogP contribution >= 0.6 is 0 Å². The van der Waals surface area contributed by atoms with E-state index in [2.05, 4.69) is 5.32 Å². The first-order valence-corrected chi connectivity index (χ1v) is 5.04. The van der Waals surface area contributed by atoms with Gasteiger partial charge in [-0.1, -0.05) is 0 Å². The summed E-state index contributed by atoms with van der Waals surface area (Å²) in [5.74, 6) is -4.03. The number of halogens is 3. The van der Waals surface area contributed by atoms with Crippen molar-refractivity contribution in [2.75, 3.05) is 16.8 Å². The summed E-state index contributed by atoms with van der Waals surface area (Å²) in [6, 6.07) is 6.35. The SMILES string of the molecule is Nc1ccc(Nc2cc(F)c(F)c(F)c2)cc1N. The highest BCUT2D eigenvalue weighted by atomic mass is 19.2. The van der Waals surface area contributed by atoms with Crippen LogP contribution in [0.4, 0.5) is 35.9 Å². The number of hydrogen-bond acceptors (Lipinski definition) is 3. The molecule has 2 aromatic rings. The summed E-state index contributed by atoms with van der Waals surface area (Å²) in [4.78, 5) is 0. The normalized spacial score (nSPS) is 10.4. The zero-order valence-corrected chi connectivity index (χ0v) is 9.18. The van der Waals surface area contributed by atoms with Crippen LogP contribution < -0.4 is 16.8 Å². The van der Waals surface area contributed by atoms with E-state index in [1.807, 2.05) is 0 Å². The van der Waals surface area contributed by atoms with E-state index in [0.29, 0.717) is 17.1 Å². The molecule has 0 unspecified atom stereocenters. The van der Waals surface area contributed by atoms with Crippen LogP contribution in [0.1, 0.15) is 0 Å². The molecular weight excluding hydrogens is 243 g/mol. The molecule has 5 N–H and O–H groups in total. The highest BCUT2D eigenvalue weighted by Gasteiger charge is 2.10. The van der Waals surface area contributed by atoms with E-state index in [4.69, 9.17) is 11.5 Å². The summed E-state index contributed by atoms with van der Waals surface area (Å²) in [5.41, 5.74) is 12.4. The van der Waals surface area contributed by atoms with Crippen LogP contribution in [-0.2, 0) is 0 Å². The molecule has 0 saturated carbocycles. The summed E-state index contributed by atoms with van der Waals surface area (Å²) in [6.45, 7) is 0. The van der Waals surface area contributed by atoms with Gasteiger partial charge in [-0.25, -0.2) is 13.2 Å². The molecule has 0 fully saturated rings. The molecule has 94 valence electrons. The molecule has 0 spiro atoms. The molecule has 6 heteroatoms. The van der Waals surface area contributed by atoms with Gasteiger partial charge in [0.05, 0.1) is 11.4 Å². The largest absolute Gasteiger partial charge is 0.397 e. The highest BCUT2D eigenvalue weighted by Crippen LogP contribution is 2.25. The number of rotatable bonds is 2. The second kappa shape index (κ2) is 4.48. The third kappa shape index (κ3) is 2.32. The zero-order valence-electron chi connectivity index (χ0n) is 9.18. The lowest BCUT2D eigenvalue weighted by Crippen LogP contribution is -1.99. The predicted molar refractivity (Wildman–Crippen MR) is 64.9 cm³/mol. The van der Waals surface area contributed by atoms with Crippen molar-refractivity contribution >= 4 is 22.7 Å². The van der Waals surface area contributed by atoms with Gasteiger partial charge in [-0.3, -0.25) is 0 Å². The Kier molecular flexibility index (Phi) is 3.01. The Labute approximate surface area is 101 Å². The molecule has 0 radical (unpaired) electrons. The fraction of sp³-hybridized carbons (Fsp3) is 0. The maximum atomic E-state index is 13.0. The molecule has 0 aliphatic carbocycles. The van der Waals surface area contributed by atoms with Gasteiger partial charge in [0.25, 0.3) is 0 Å². The highest BCUT2D eigenvalue weighted by molar-refractivity contribution is 5.72. The molecule has 0 atom stereocenters. The van der Waals surface area contributed by atoms with Crippen LogP contribution in [0, 0.1) is 17.5 Å². The molecular formula is C12H10F3N3. The third-order valence-electron chi connectivity index (χ3n) is 2.36. The third-order valence-corrected chi connectivity index (χ3v) is 2.36. The van der Waals surface area contributed by atoms with Crippen LogP contribution in [0.15, 0.2) is 30.3 Å². The Balaban J connectivity index is 2.31. The molecule has 0 aliphatic rings. The Morgan fingerprint density at radius 2 is 1.39 bits per heavy atom. The second-order valence-electron chi connectivity index (χ2n) is 3.72. The van der Waals surface area contributed by atoms with Crippen LogP contribution in [0.3, 0.4) is 0 Å². The van der Waals surface area contributed by atoms with Gasteiger partial charge in [-0.2, -0.15) is 0 Å². The van der Waals surface area contributed by atoms with Crippen molar-refractivity contribution in [3.8, 4) is 0 Å². The van der Waals surface area contributed by atoms with E-state index >= 15 is 0 Å². The number of nitrogens with two attached hydrogens (primary N) is 2. The number of nitrogens with one attached hydrogen (secondary N) is 1. The van der Waals surface area contributed by atoms with E-state index in [0.717, 1.165) is 12.1 Å². The lowest BCUT2D eigenvalue weighted by molar-refractivity contribution is 0.448.